The lowest BCUT2D eigenvalue weighted by Gasteiger charge is -2.32. The lowest BCUT2D eigenvalue weighted by molar-refractivity contribution is -0.137. The number of rotatable bonds is 6. The summed E-state index contributed by atoms with van der Waals surface area (Å²) in [5, 5.41) is 8.69. The summed E-state index contributed by atoms with van der Waals surface area (Å²) in [6.45, 7) is 4.35. The van der Waals surface area contributed by atoms with Gasteiger partial charge in [-0.2, -0.15) is 0 Å². The van der Waals surface area contributed by atoms with E-state index in [1.54, 1.807) is 0 Å². The first-order chi connectivity index (χ1) is 7.50. The van der Waals surface area contributed by atoms with Crippen molar-refractivity contribution in [2.24, 2.45) is 0 Å². The van der Waals surface area contributed by atoms with Crippen molar-refractivity contribution in [3.8, 4) is 0 Å². The van der Waals surface area contributed by atoms with E-state index in [0.29, 0.717) is 12.1 Å². The van der Waals surface area contributed by atoms with Gasteiger partial charge >= 0.3 is 5.97 Å². The van der Waals surface area contributed by atoms with Crippen LogP contribution in [0.15, 0.2) is 0 Å². The molecule has 0 aromatic rings. The molecule has 0 aromatic heterocycles. The number of hydrogen-bond acceptors (Lipinski definition) is 3. The van der Waals surface area contributed by atoms with Gasteiger partial charge in [-0.15, -0.1) is 0 Å². The van der Waals surface area contributed by atoms with Crippen molar-refractivity contribution in [3.63, 3.8) is 0 Å². The van der Waals surface area contributed by atoms with E-state index < -0.39 is 5.97 Å². The van der Waals surface area contributed by atoms with Crippen LogP contribution >= 0.6 is 0 Å². The Balaban J connectivity index is 2.40. The molecule has 4 nitrogen and oxygen atoms in total. The Morgan fingerprint density at radius 2 is 2.25 bits per heavy atom. The second-order valence-corrected chi connectivity index (χ2v) is 5.08. The molecule has 94 valence electrons. The van der Waals surface area contributed by atoms with E-state index in [4.69, 9.17) is 5.11 Å². The molecule has 1 N–H and O–H groups in total. The predicted octanol–water partition coefficient (Wildman–Crippen LogP) is 1.27. The summed E-state index contributed by atoms with van der Waals surface area (Å²) >= 11 is 0. The fourth-order valence-corrected chi connectivity index (χ4v) is 2.55. The Morgan fingerprint density at radius 3 is 2.81 bits per heavy atom. The van der Waals surface area contributed by atoms with Gasteiger partial charge < -0.3 is 10.0 Å². The van der Waals surface area contributed by atoms with Gasteiger partial charge in [0.05, 0.1) is 0 Å². The first-order valence-corrected chi connectivity index (χ1v) is 6.13. The molecule has 0 spiro atoms. The largest absolute Gasteiger partial charge is 0.481 e. The Labute approximate surface area is 98.2 Å². The summed E-state index contributed by atoms with van der Waals surface area (Å²) in [6.07, 6.45) is 3.54. The molecule has 1 rings (SSSR count). The second kappa shape index (κ2) is 6.21. The van der Waals surface area contributed by atoms with Crippen molar-refractivity contribution in [2.45, 2.75) is 44.7 Å². The molecule has 0 bridgehead atoms. The summed E-state index contributed by atoms with van der Waals surface area (Å²) in [5.41, 5.74) is 0. The summed E-state index contributed by atoms with van der Waals surface area (Å²) in [5.74, 6) is -0.685. The molecule has 0 radical (unpaired) electrons. The van der Waals surface area contributed by atoms with Crippen molar-refractivity contribution in [2.75, 3.05) is 27.2 Å². The Morgan fingerprint density at radius 1 is 1.56 bits per heavy atom. The van der Waals surface area contributed by atoms with Gasteiger partial charge in [-0.1, -0.05) is 0 Å². The predicted molar refractivity (Wildman–Crippen MR) is 64.6 cm³/mol. The number of hydrogen-bond donors (Lipinski definition) is 1. The van der Waals surface area contributed by atoms with Gasteiger partial charge in [0.1, 0.15) is 0 Å². The van der Waals surface area contributed by atoms with Gasteiger partial charge in [-0.25, -0.2) is 0 Å². The highest BCUT2D eigenvalue weighted by Gasteiger charge is 2.28. The summed E-state index contributed by atoms with van der Waals surface area (Å²) < 4.78 is 0. The summed E-state index contributed by atoms with van der Waals surface area (Å²) in [7, 11) is 4.19. The topological polar surface area (TPSA) is 43.8 Å². The van der Waals surface area contributed by atoms with E-state index in [9.17, 15) is 4.79 Å². The van der Waals surface area contributed by atoms with E-state index in [2.05, 4.69) is 30.8 Å². The van der Waals surface area contributed by atoms with Crippen LogP contribution in [-0.4, -0.2) is 60.1 Å². The monoisotopic (exact) mass is 228 g/mol. The first-order valence-electron chi connectivity index (χ1n) is 6.13. The number of nitrogens with zero attached hydrogens (tertiary/aromatic N) is 2. The molecular formula is C12H24N2O2. The maximum absolute atomic E-state index is 10.6. The minimum absolute atomic E-state index is 0.284. The molecule has 1 aliphatic heterocycles. The number of likely N-dealkylation sites (tertiary alicyclic amines) is 1. The fraction of sp³-hybridized carbons (Fsp3) is 0.917. The van der Waals surface area contributed by atoms with Gasteiger partial charge in [-0.05, 0) is 46.8 Å². The van der Waals surface area contributed by atoms with Crippen LogP contribution in [0.2, 0.25) is 0 Å². The van der Waals surface area contributed by atoms with Crippen molar-refractivity contribution in [3.05, 3.63) is 0 Å². The lowest BCUT2D eigenvalue weighted by Crippen LogP contribution is -2.42. The fourth-order valence-electron chi connectivity index (χ4n) is 2.55. The van der Waals surface area contributed by atoms with Crippen LogP contribution in [0.1, 0.15) is 32.6 Å². The molecular weight excluding hydrogens is 204 g/mol. The van der Waals surface area contributed by atoms with E-state index in [1.807, 2.05) is 0 Å². The molecule has 1 saturated heterocycles. The Kier molecular flexibility index (Phi) is 5.22. The van der Waals surface area contributed by atoms with Gasteiger partial charge in [0.2, 0.25) is 0 Å². The third-order valence-corrected chi connectivity index (χ3v) is 3.34. The van der Waals surface area contributed by atoms with Gasteiger partial charge in [0.15, 0.2) is 0 Å². The highest BCUT2D eigenvalue weighted by molar-refractivity contribution is 5.66. The zero-order valence-electron chi connectivity index (χ0n) is 10.6. The second-order valence-electron chi connectivity index (χ2n) is 5.08. The molecule has 16 heavy (non-hydrogen) atoms. The molecule has 0 aliphatic carbocycles. The maximum Gasteiger partial charge on any atom is 0.303 e. The number of carboxylic acids is 1. The van der Waals surface area contributed by atoms with Crippen molar-refractivity contribution >= 4 is 5.97 Å². The molecule has 1 aliphatic rings. The quantitative estimate of drug-likeness (QED) is 0.743. The number of carbonyl (C=O) groups is 1. The van der Waals surface area contributed by atoms with Crippen molar-refractivity contribution < 1.29 is 9.90 Å². The number of carboxylic acid groups (broad SMARTS) is 1. The third-order valence-electron chi connectivity index (χ3n) is 3.34. The van der Waals surface area contributed by atoms with Crippen LogP contribution in [0.5, 0.6) is 0 Å². The standard InChI is InChI=1S/C12H24N2O2/c1-10(6-7-12(15)16)14-8-4-5-11(14)9-13(2)3/h10-11H,4-9H2,1-3H3,(H,15,16). The molecule has 1 heterocycles. The van der Waals surface area contributed by atoms with E-state index >= 15 is 0 Å². The van der Waals surface area contributed by atoms with E-state index in [1.165, 1.54) is 12.8 Å². The van der Waals surface area contributed by atoms with Crippen LogP contribution in [0.25, 0.3) is 0 Å². The highest BCUT2D eigenvalue weighted by Crippen LogP contribution is 2.22. The van der Waals surface area contributed by atoms with Crippen LogP contribution < -0.4 is 0 Å². The molecule has 2 atom stereocenters. The van der Waals surface area contributed by atoms with Crippen LogP contribution in [0.3, 0.4) is 0 Å². The minimum atomic E-state index is -0.685. The molecule has 0 amide bonds. The average Bonchev–Trinajstić information content (AvgIpc) is 2.61. The van der Waals surface area contributed by atoms with Gasteiger partial charge in [-0.3, -0.25) is 9.69 Å². The third kappa shape index (κ3) is 4.10. The Bertz CT molecular complexity index is 231. The molecule has 0 saturated carbocycles. The zero-order valence-corrected chi connectivity index (χ0v) is 10.6. The number of likely N-dealkylation sites (N-methyl/N-ethyl adjacent to an activating group) is 1. The summed E-state index contributed by atoms with van der Waals surface area (Å²) in [6, 6.07) is 1.00. The van der Waals surface area contributed by atoms with Gasteiger partial charge in [0, 0.05) is 25.0 Å². The zero-order chi connectivity index (χ0) is 12.1. The van der Waals surface area contributed by atoms with Gasteiger partial charge in [0.25, 0.3) is 0 Å². The van der Waals surface area contributed by atoms with Crippen molar-refractivity contribution in [1.29, 1.82) is 0 Å². The molecule has 4 heteroatoms. The Hall–Kier alpha value is -0.610. The normalized spacial score (nSPS) is 23.9. The van der Waals surface area contributed by atoms with Crippen LogP contribution in [0, 0.1) is 0 Å². The highest BCUT2D eigenvalue weighted by atomic mass is 16.4. The van der Waals surface area contributed by atoms with E-state index in [-0.39, 0.29) is 6.42 Å². The van der Waals surface area contributed by atoms with Crippen LogP contribution in [0.4, 0.5) is 0 Å². The maximum atomic E-state index is 10.6. The first kappa shape index (κ1) is 13.5. The number of aliphatic carboxylic acids is 1. The molecule has 1 fully saturated rings. The van der Waals surface area contributed by atoms with Crippen LogP contribution in [-0.2, 0) is 4.79 Å². The van der Waals surface area contributed by atoms with Crippen molar-refractivity contribution in [1.82, 2.24) is 9.80 Å². The summed E-state index contributed by atoms with van der Waals surface area (Å²) in [4.78, 5) is 15.2. The smallest absolute Gasteiger partial charge is 0.303 e. The molecule has 0 aromatic carbocycles. The lowest BCUT2D eigenvalue weighted by atomic mass is 10.1. The average molecular weight is 228 g/mol. The van der Waals surface area contributed by atoms with E-state index in [0.717, 1.165) is 19.5 Å². The minimum Gasteiger partial charge on any atom is -0.481 e. The SMILES string of the molecule is CC(CCC(=O)O)N1CCCC1CN(C)C. The molecule has 2 unspecified atom stereocenters.